The molecule has 3 aromatic rings. The molecule has 2 aromatic carbocycles. The molecule has 0 unspecified atom stereocenters. The normalized spacial score (nSPS) is 11.9. The Bertz CT molecular complexity index is 974. The molecule has 0 radical (unpaired) electrons. The van der Waals surface area contributed by atoms with Gasteiger partial charge in [0.15, 0.2) is 4.80 Å². The van der Waals surface area contributed by atoms with Crippen LogP contribution in [0.2, 0.25) is 0 Å². The molecular formula is C20H21FN2O2S. The second-order valence-corrected chi connectivity index (χ2v) is 6.89. The van der Waals surface area contributed by atoms with E-state index in [0.717, 1.165) is 28.8 Å². The van der Waals surface area contributed by atoms with Gasteiger partial charge in [0, 0.05) is 12.1 Å². The Balaban J connectivity index is 1.87. The maximum atomic E-state index is 13.4. The molecule has 0 saturated carbocycles. The van der Waals surface area contributed by atoms with Gasteiger partial charge in [0.25, 0.3) is 5.91 Å². The van der Waals surface area contributed by atoms with Crippen molar-refractivity contribution in [1.29, 1.82) is 0 Å². The number of carbonyl (C=O) groups is 1. The van der Waals surface area contributed by atoms with Gasteiger partial charge in [-0.1, -0.05) is 24.7 Å². The molecule has 0 aliphatic rings. The Morgan fingerprint density at radius 3 is 2.65 bits per heavy atom. The van der Waals surface area contributed by atoms with Crippen LogP contribution in [0, 0.1) is 5.82 Å². The Morgan fingerprint density at radius 2 is 1.96 bits per heavy atom. The second-order valence-electron chi connectivity index (χ2n) is 5.88. The van der Waals surface area contributed by atoms with Crippen molar-refractivity contribution in [3.8, 4) is 5.75 Å². The lowest BCUT2D eigenvalue weighted by Crippen LogP contribution is -2.15. The van der Waals surface area contributed by atoms with Gasteiger partial charge in [0.2, 0.25) is 0 Å². The first-order chi connectivity index (χ1) is 12.6. The van der Waals surface area contributed by atoms with E-state index in [4.69, 9.17) is 4.74 Å². The number of aryl methyl sites for hydroxylation is 1. The van der Waals surface area contributed by atoms with Gasteiger partial charge in [-0.3, -0.25) is 4.79 Å². The highest BCUT2D eigenvalue weighted by atomic mass is 32.1. The van der Waals surface area contributed by atoms with E-state index in [1.54, 1.807) is 30.3 Å². The van der Waals surface area contributed by atoms with Gasteiger partial charge < -0.3 is 9.30 Å². The summed E-state index contributed by atoms with van der Waals surface area (Å²) < 4.78 is 21.7. The Morgan fingerprint density at radius 1 is 1.19 bits per heavy atom. The number of thiazole rings is 1. The van der Waals surface area contributed by atoms with E-state index in [0.29, 0.717) is 23.5 Å². The molecule has 1 amide bonds. The summed E-state index contributed by atoms with van der Waals surface area (Å²) in [6.45, 7) is 5.41. The lowest BCUT2D eigenvalue weighted by atomic mass is 10.2. The zero-order valence-corrected chi connectivity index (χ0v) is 15.7. The molecule has 0 atom stereocenters. The molecule has 4 nitrogen and oxygen atoms in total. The third-order valence-corrected chi connectivity index (χ3v) is 5.07. The van der Waals surface area contributed by atoms with Crippen LogP contribution in [-0.2, 0) is 6.54 Å². The summed E-state index contributed by atoms with van der Waals surface area (Å²) in [4.78, 5) is 17.3. The molecule has 1 heterocycles. The molecule has 136 valence electrons. The number of carbonyl (C=O) groups excluding carboxylic acids is 1. The van der Waals surface area contributed by atoms with Crippen LogP contribution in [0.5, 0.6) is 5.75 Å². The summed E-state index contributed by atoms with van der Waals surface area (Å²) in [6.07, 6.45) is 2.07. The fourth-order valence-corrected chi connectivity index (χ4v) is 3.73. The Labute approximate surface area is 155 Å². The van der Waals surface area contributed by atoms with Gasteiger partial charge in [0.1, 0.15) is 11.6 Å². The smallest absolute Gasteiger partial charge is 0.279 e. The molecule has 3 rings (SSSR count). The standard InChI is InChI=1S/C20H21FN2O2S/c1-3-5-12-25-16-9-6-14(7-10-16)19(24)22-20-23(4-2)17-11-8-15(21)13-18(17)26-20/h6-11,13H,3-5,12H2,1-2H3. The maximum absolute atomic E-state index is 13.4. The van der Waals surface area contributed by atoms with Crippen molar-refractivity contribution in [2.45, 2.75) is 33.2 Å². The minimum absolute atomic E-state index is 0.293. The molecule has 0 saturated heterocycles. The molecule has 0 spiro atoms. The van der Waals surface area contributed by atoms with E-state index in [-0.39, 0.29) is 11.7 Å². The average Bonchev–Trinajstić information content (AvgIpc) is 2.98. The maximum Gasteiger partial charge on any atom is 0.279 e. The highest BCUT2D eigenvalue weighted by Gasteiger charge is 2.09. The molecule has 6 heteroatoms. The van der Waals surface area contributed by atoms with Crippen LogP contribution in [0.3, 0.4) is 0 Å². The topological polar surface area (TPSA) is 43.6 Å². The number of hydrogen-bond acceptors (Lipinski definition) is 3. The molecule has 0 bridgehead atoms. The van der Waals surface area contributed by atoms with Crippen LogP contribution >= 0.6 is 11.3 Å². The number of nitrogens with zero attached hydrogens (tertiary/aromatic N) is 2. The van der Waals surface area contributed by atoms with Crippen molar-refractivity contribution >= 4 is 27.5 Å². The van der Waals surface area contributed by atoms with Crippen LogP contribution in [0.15, 0.2) is 47.5 Å². The van der Waals surface area contributed by atoms with Gasteiger partial charge >= 0.3 is 0 Å². The van der Waals surface area contributed by atoms with E-state index in [1.165, 1.54) is 23.5 Å². The van der Waals surface area contributed by atoms with Crippen LogP contribution < -0.4 is 9.54 Å². The predicted octanol–water partition coefficient (Wildman–Crippen LogP) is 4.78. The fraction of sp³-hybridized carbons (Fsp3) is 0.300. The Hall–Kier alpha value is -2.47. The van der Waals surface area contributed by atoms with Crippen molar-refractivity contribution < 1.29 is 13.9 Å². The summed E-state index contributed by atoms with van der Waals surface area (Å²) in [5.41, 5.74) is 1.38. The van der Waals surface area contributed by atoms with E-state index < -0.39 is 0 Å². The number of aromatic nitrogens is 1. The molecule has 0 aliphatic heterocycles. The first-order valence-electron chi connectivity index (χ1n) is 8.73. The van der Waals surface area contributed by atoms with E-state index in [2.05, 4.69) is 11.9 Å². The largest absolute Gasteiger partial charge is 0.494 e. The molecular weight excluding hydrogens is 351 g/mol. The lowest BCUT2D eigenvalue weighted by Gasteiger charge is -2.05. The van der Waals surface area contributed by atoms with Gasteiger partial charge in [-0.15, -0.1) is 0 Å². The van der Waals surface area contributed by atoms with Crippen molar-refractivity contribution in [2.75, 3.05) is 6.61 Å². The summed E-state index contributed by atoms with van der Waals surface area (Å²) in [6, 6.07) is 11.6. The fourth-order valence-electron chi connectivity index (χ4n) is 2.62. The van der Waals surface area contributed by atoms with E-state index >= 15 is 0 Å². The first-order valence-corrected chi connectivity index (χ1v) is 9.54. The number of halogens is 1. The zero-order valence-electron chi connectivity index (χ0n) is 14.9. The van der Waals surface area contributed by atoms with Crippen LogP contribution in [-0.4, -0.2) is 17.1 Å². The minimum atomic E-state index is -0.320. The van der Waals surface area contributed by atoms with Crippen LogP contribution in [0.25, 0.3) is 10.2 Å². The highest BCUT2D eigenvalue weighted by molar-refractivity contribution is 7.16. The summed E-state index contributed by atoms with van der Waals surface area (Å²) in [5, 5.41) is 0. The van der Waals surface area contributed by atoms with Crippen molar-refractivity contribution in [1.82, 2.24) is 4.57 Å². The third-order valence-electron chi connectivity index (χ3n) is 4.03. The molecule has 1 aromatic heterocycles. The number of amides is 1. The van der Waals surface area contributed by atoms with Crippen molar-refractivity contribution in [2.24, 2.45) is 4.99 Å². The van der Waals surface area contributed by atoms with Crippen LogP contribution in [0.4, 0.5) is 4.39 Å². The minimum Gasteiger partial charge on any atom is -0.494 e. The molecule has 0 N–H and O–H groups in total. The summed E-state index contributed by atoms with van der Waals surface area (Å²) in [7, 11) is 0. The van der Waals surface area contributed by atoms with Gasteiger partial charge in [-0.25, -0.2) is 4.39 Å². The third kappa shape index (κ3) is 4.02. The lowest BCUT2D eigenvalue weighted by molar-refractivity contribution is 0.0998. The van der Waals surface area contributed by atoms with Gasteiger partial charge in [0.05, 0.1) is 16.8 Å². The SMILES string of the molecule is CCCCOc1ccc(C(=O)N=c2sc3cc(F)ccc3n2CC)cc1. The second kappa shape index (κ2) is 8.27. The monoisotopic (exact) mass is 372 g/mol. The number of rotatable bonds is 6. The molecule has 0 aliphatic carbocycles. The average molecular weight is 372 g/mol. The predicted molar refractivity (Wildman–Crippen MR) is 102 cm³/mol. The number of ether oxygens (including phenoxy) is 1. The van der Waals surface area contributed by atoms with Crippen molar-refractivity contribution in [3.05, 3.63) is 58.6 Å². The van der Waals surface area contributed by atoms with E-state index in [1.807, 2.05) is 11.5 Å². The first kappa shape index (κ1) is 18.3. The number of hydrogen-bond donors (Lipinski definition) is 0. The van der Waals surface area contributed by atoms with Gasteiger partial charge in [-0.2, -0.15) is 4.99 Å². The van der Waals surface area contributed by atoms with Crippen LogP contribution in [0.1, 0.15) is 37.0 Å². The molecule has 26 heavy (non-hydrogen) atoms. The van der Waals surface area contributed by atoms with Crippen molar-refractivity contribution in [3.63, 3.8) is 0 Å². The zero-order chi connectivity index (χ0) is 18.5. The Kier molecular flexibility index (Phi) is 5.83. The van der Waals surface area contributed by atoms with Gasteiger partial charge in [-0.05, 0) is 55.8 Å². The number of fused-ring (bicyclic) bond motifs is 1. The number of benzene rings is 2. The summed E-state index contributed by atoms with van der Waals surface area (Å²) in [5.74, 6) is 0.133. The highest BCUT2D eigenvalue weighted by Crippen LogP contribution is 2.19. The quantitative estimate of drug-likeness (QED) is 0.584. The van der Waals surface area contributed by atoms with E-state index in [9.17, 15) is 9.18 Å². The number of unbranched alkanes of at least 4 members (excludes halogenated alkanes) is 1. The molecule has 0 fully saturated rings. The summed E-state index contributed by atoms with van der Waals surface area (Å²) >= 11 is 1.31.